The summed E-state index contributed by atoms with van der Waals surface area (Å²) < 4.78 is 6.87. The molecule has 0 radical (unpaired) electrons. The highest BCUT2D eigenvalue weighted by Crippen LogP contribution is 2.31. The number of anilines is 1. The quantitative estimate of drug-likeness (QED) is 0.351. The summed E-state index contributed by atoms with van der Waals surface area (Å²) in [4.78, 5) is 25.0. The van der Waals surface area contributed by atoms with Crippen LogP contribution in [0.4, 0.5) is 11.4 Å². The number of nitrogens with zero attached hydrogens (tertiary/aromatic N) is 6. The largest absolute Gasteiger partial charge is 0.467 e. The topological polar surface area (TPSA) is 120 Å². The molecule has 1 amide bonds. The fourth-order valence-electron chi connectivity index (χ4n) is 3.11. The zero-order chi connectivity index (χ0) is 19.5. The molecule has 3 heterocycles. The zero-order valence-electron chi connectivity index (χ0n) is 14.7. The number of benzene rings is 1. The Morgan fingerprint density at radius 1 is 1.36 bits per heavy atom. The molecule has 0 unspecified atom stereocenters. The number of amides is 1. The number of fused-ring (bicyclic) bond motifs is 1. The second-order valence-electron chi connectivity index (χ2n) is 6.21. The van der Waals surface area contributed by atoms with Crippen LogP contribution in [0.1, 0.15) is 17.7 Å². The highest BCUT2D eigenvalue weighted by molar-refractivity contribution is 7.99. The second-order valence-corrected chi connectivity index (χ2v) is 7.15. The van der Waals surface area contributed by atoms with Gasteiger partial charge in [0.05, 0.1) is 16.9 Å². The molecule has 0 fully saturated rings. The lowest BCUT2D eigenvalue weighted by molar-refractivity contribution is -0.384. The minimum Gasteiger partial charge on any atom is -0.467 e. The second kappa shape index (κ2) is 7.80. The van der Waals surface area contributed by atoms with E-state index in [1.807, 2.05) is 6.07 Å². The van der Waals surface area contributed by atoms with Gasteiger partial charge in [0.15, 0.2) is 0 Å². The van der Waals surface area contributed by atoms with Crippen LogP contribution < -0.4 is 4.90 Å². The van der Waals surface area contributed by atoms with E-state index in [1.54, 1.807) is 34.0 Å². The van der Waals surface area contributed by atoms with Gasteiger partial charge in [-0.1, -0.05) is 11.8 Å². The summed E-state index contributed by atoms with van der Waals surface area (Å²) in [7, 11) is 0. The Hall–Kier alpha value is -3.21. The summed E-state index contributed by atoms with van der Waals surface area (Å²) in [5.41, 5.74) is 1.60. The fourth-order valence-corrected chi connectivity index (χ4v) is 3.86. The van der Waals surface area contributed by atoms with Crippen LogP contribution in [0.15, 0.2) is 46.2 Å². The summed E-state index contributed by atoms with van der Waals surface area (Å²) in [6, 6.07) is 8.24. The van der Waals surface area contributed by atoms with Crippen LogP contribution in [0.25, 0.3) is 0 Å². The smallest absolute Gasteiger partial charge is 0.269 e. The van der Waals surface area contributed by atoms with Gasteiger partial charge in [-0.25, -0.2) is 4.68 Å². The van der Waals surface area contributed by atoms with Crippen molar-refractivity contribution < 1.29 is 14.1 Å². The number of carbonyl (C=O) groups is 1. The van der Waals surface area contributed by atoms with Crippen molar-refractivity contribution in [2.45, 2.75) is 24.5 Å². The number of thioether (sulfide) groups is 1. The van der Waals surface area contributed by atoms with Crippen LogP contribution in [0.2, 0.25) is 0 Å². The van der Waals surface area contributed by atoms with Gasteiger partial charge in [-0.15, -0.1) is 5.10 Å². The molecule has 0 N–H and O–H groups in total. The summed E-state index contributed by atoms with van der Waals surface area (Å²) in [6.45, 7) is 0.967. The first-order valence-corrected chi connectivity index (χ1v) is 9.59. The van der Waals surface area contributed by atoms with Crippen LogP contribution in [0.3, 0.4) is 0 Å². The Morgan fingerprint density at radius 2 is 2.25 bits per heavy atom. The van der Waals surface area contributed by atoms with Gasteiger partial charge in [0.1, 0.15) is 12.3 Å². The summed E-state index contributed by atoms with van der Waals surface area (Å²) in [5.74, 6) is 0.786. The Bertz CT molecular complexity index is 1000. The zero-order valence-corrected chi connectivity index (χ0v) is 15.5. The van der Waals surface area contributed by atoms with Gasteiger partial charge in [0.25, 0.3) is 5.69 Å². The molecule has 0 aliphatic carbocycles. The van der Waals surface area contributed by atoms with Gasteiger partial charge in [-0.05, 0) is 47.0 Å². The van der Waals surface area contributed by atoms with Crippen molar-refractivity contribution in [3.05, 3.63) is 58.0 Å². The van der Waals surface area contributed by atoms with E-state index in [2.05, 4.69) is 15.5 Å². The predicted octanol–water partition coefficient (Wildman–Crippen LogP) is 2.29. The fraction of sp³-hybridized carbons (Fsp3) is 0.294. The minimum atomic E-state index is -0.421. The lowest BCUT2D eigenvalue weighted by Gasteiger charge is -2.29. The first-order valence-electron chi connectivity index (χ1n) is 8.61. The monoisotopic (exact) mass is 400 g/mol. The SMILES string of the molecule is O=C(CSc1nnnn1Cc1ccco1)N1CCCc2cc([N+](=O)[O-])ccc21. The lowest BCUT2D eigenvalue weighted by atomic mass is 10.0. The van der Waals surface area contributed by atoms with Gasteiger partial charge in [-0.2, -0.15) is 0 Å². The van der Waals surface area contributed by atoms with E-state index in [1.165, 1.54) is 17.8 Å². The molecule has 1 aliphatic heterocycles. The highest BCUT2D eigenvalue weighted by atomic mass is 32.2. The van der Waals surface area contributed by atoms with Crippen LogP contribution in [-0.2, 0) is 17.8 Å². The number of nitro benzene ring substituents is 1. The van der Waals surface area contributed by atoms with Gasteiger partial charge >= 0.3 is 0 Å². The number of tetrazole rings is 1. The van der Waals surface area contributed by atoms with Crippen molar-refractivity contribution in [3.8, 4) is 0 Å². The molecule has 28 heavy (non-hydrogen) atoms. The Balaban J connectivity index is 1.44. The number of furan rings is 1. The molecule has 0 spiro atoms. The average molecular weight is 400 g/mol. The molecule has 11 heteroatoms. The minimum absolute atomic E-state index is 0.0412. The molecule has 1 aromatic carbocycles. The number of hydrogen-bond acceptors (Lipinski definition) is 8. The predicted molar refractivity (Wildman–Crippen MR) is 100 cm³/mol. The molecule has 0 atom stereocenters. The maximum atomic E-state index is 12.8. The lowest BCUT2D eigenvalue weighted by Crippen LogP contribution is -2.36. The number of carbonyl (C=O) groups excluding carboxylic acids is 1. The molecule has 0 bridgehead atoms. The van der Waals surface area contributed by atoms with Crippen molar-refractivity contribution in [3.63, 3.8) is 0 Å². The van der Waals surface area contributed by atoms with Gasteiger partial charge in [0.2, 0.25) is 11.1 Å². The third kappa shape index (κ3) is 3.74. The van der Waals surface area contributed by atoms with E-state index in [0.717, 1.165) is 24.1 Å². The molecule has 0 saturated heterocycles. The van der Waals surface area contributed by atoms with E-state index in [0.29, 0.717) is 24.0 Å². The van der Waals surface area contributed by atoms with Crippen molar-refractivity contribution in [2.75, 3.05) is 17.2 Å². The van der Waals surface area contributed by atoms with Crippen LogP contribution >= 0.6 is 11.8 Å². The molecule has 0 saturated carbocycles. The maximum Gasteiger partial charge on any atom is 0.269 e. The van der Waals surface area contributed by atoms with E-state index in [9.17, 15) is 14.9 Å². The van der Waals surface area contributed by atoms with Crippen molar-refractivity contribution in [2.24, 2.45) is 0 Å². The number of aryl methyl sites for hydroxylation is 1. The highest BCUT2D eigenvalue weighted by Gasteiger charge is 2.25. The number of aromatic nitrogens is 4. The molecule has 144 valence electrons. The molecule has 1 aliphatic rings. The van der Waals surface area contributed by atoms with E-state index in [4.69, 9.17) is 4.42 Å². The molecular formula is C17H16N6O4S. The van der Waals surface area contributed by atoms with Crippen molar-refractivity contribution in [1.29, 1.82) is 0 Å². The first-order chi connectivity index (χ1) is 13.6. The molecule has 10 nitrogen and oxygen atoms in total. The average Bonchev–Trinajstić information content (AvgIpc) is 3.37. The van der Waals surface area contributed by atoms with Crippen LogP contribution in [0.5, 0.6) is 0 Å². The Labute approximate surface area is 163 Å². The van der Waals surface area contributed by atoms with Crippen LogP contribution in [-0.4, -0.2) is 43.3 Å². The summed E-state index contributed by atoms with van der Waals surface area (Å²) in [6.07, 6.45) is 3.06. The van der Waals surface area contributed by atoms with Gasteiger partial charge < -0.3 is 9.32 Å². The third-order valence-corrected chi connectivity index (χ3v) is 5.34. The summed E-state index contributed by atoms with van der Waals surface area (Å²) >= 11 is 1.25. The van der Waals surface area contributed by atoms with Crippen molar-refractivity contribution in [1.82, 2.24) is 20.2 Å². The normalized spacial score (nSPS) is 13.4. The molecule has 4 rings (SSSR count). The van der Waals surface area contributed by atoms with E-state index in [-0.39, 0.29) is 17.3 Å². The number of non-ortho nitro benzene ring substituents is 1. The standard InChI is InChI=1S/C17H16N6O4S/c24-16(11-28-17-18-19-20-22(17)10-14-4-2-8-27-14)21-7-1-3-12-9-13(23(25)26)5-6-15(12)21/h2,4-6,8-9H,1,3,7,10-11H2. The summed E-state index contributed by atoms with van der Waals surface area (Å²) in [5, 5.41) is 23.1. The molecule has 2 aromatic heterocycles. The Morgan fingerprint density at radius 3 is 3.04 bits per heavy atom. The Kier molecular flexibility index (Phi) is 5.06. The van der Waals surface area contributed by atoms with Crippen molar-refractivity contribution >= 4 is 29.0 Å². The third-order valence-electron chi connectivity index (χ3n) is 4.40. The molecule has 3 aromatic rings. The van der Waals surface area contributed by atoms with Gasteiger partial charge in [0, 0.05) is 24.4 Å². The van der Waals surface area contributed by atoms with Gasteiger partial charge in [-0.3, -0.25) is 14.9 Å². The number of nitro groups is 1. The van der Waals surface area contributed by atoms with E-state index < -0.39 is 4.92 Å². The first kappa shape index (κ1) is 18.2. The number of rotatable bonds is 6. The molecular weight excluding hydrogens is 384 g/mol. The van der Waals surface area contributed by atoms with Crippen LogP contribution in [0, 0.1) is 10.1 Å². The van der Waals surface area contributed by atoms with E-state index >= 15 is 0 Å². The maximum absolute atomic E-state index is 12.8. The number of hydrogen-bond donors (Lipinski definition) is 0.